The van der Waals surface area contributed by atoms with Crippen LogP contribution in [0.3, 0.4) is 0 Å². The number of aromatic hydroxyl groups is 1. The molecule has 0 saturated heterocycles. The minimum absolute atomic E-state index is 0.00528. The van der Waals surface area contributed by atoms with Gasteiger partial charge in [-0.25, -0.2) is 8.96 Å². The van der Waals surface area contributed by atoms with Gasteiger partial charge in [-0.3, -0.25) is 4.79 Å². The second-order valence-corrected chi connectivity index (χ2v) is 7.97. The van der Waals surface area contributed by atoms with Crippen LogP contribution in [0.25, 0.3) is 0 Å². The molecule has 0 fully saturated rings. The van der Waals surface area contributed by atoms with Crippen molar-refractivity contribution in [2.75, 3.05) is 20.7 Å². The Kier molecular flexibility index (Phi) is 6.38. The van der Waals surface area contributed by atoms with Crippen molar-refractivity contribution in [3.8, 4) is 5.75 Å². The maximum atomic E-state index is 12.5. The van der Waals surface area contributed by atoms with Crippen molar-refractivity contribution >= 4 is 16.2 Å². The monoisotopic (exact) mass is 381 g/mol. The fourth-order valence-electron chi connectivity index (χ4n) is 2.55. The second-order valence-electron chi connectivity index (χ2n) is 5.95. The zero-order valence-electron chi connectivity index (χ0n) is 15.0. The predicted octanol–water partition coefficient (Wildman–Crippen LogP) is 1.52. The van der Waals surface area contributed by atoms with Crippen molar-refractivity contribution in [1.82, 2.24) is 13.3 Å². The summed E-state index contributed by atoms with van der Waals surface area (Å²) in [6, 6.07) is 6.53. The Hall–Kier alpha value is -2.39. The summed E-state index contributed by atoms with van der Waals surface area (Å²) in [6.45, 7) is 1.96. The van der Waals surface area contributed by atoms with E-state index in [9.17, 15) is 18.3 Å². The van der Waals surface area contributed by atoms with Gasteiger partial charge >= 0.3 is 16.2 Å². The highest BCUT2D eigenvalue weighted by Gasteiger charge is 2.27. The Morgan fingerprint density at radius 1 is 1.31 bits per heavy atom. The zero-order valence-corrected chi connectivity index (χ0v) is 15.8. The van der Waals surface area contributed by atoms with Crippen molar-refractivity contribution in [2.24, 2.45) is 0 Å². The van der Waals surface area contributed by atoms with E-state index < -0.39 is 22.1 Å². The Labute approximate surface area is 153 Å². The fraction of sp³-hybridized carbons (Fsp3) is 0.412. The molecule has 9 heteroatoms. The number of benzene rings is 1. The molecule has 8 nitrogen and oxygen atoms in total. The van der Waals surface area contributed by atoms with E-state index in [1.54, 1.807) is 31.2 Å². The van der Waals surface area contributed by atoms with Crippen molar-refractivity contribution < 1.29 is 23.1 Å². The largest absolute Gasteiger partial charge is 0.508 e. The molecule has 0 spiro atoms. The smallest absolute Gasteiger partial charge is 0.308 e. The van der Waals surface area contributed by atoms with Crippen molar-refractivity contribution in [3.63, 3.8) is 0 Å². The first-order valence-corrected chi connectivity index (χ1v) is 9.55. The summed E-state index contributed by atoms with van der Waals surface area (Å²) in [4.78, 5) is 16.2. The van der Waals surface area contributed by atoms with Gasteiger partial charge in [0.1, 0.15) is 11.6 Å². The first-order valence-electron chi connectivity index (χ1n) is 8.15. The first-order chi connectivity index (χ1) is 12.3. The lowest BCUT2D eigenvalue weighted by Gasteiger charge is -2.20. The molecule has 1 atom stereocenters. The topological polar surface area (TPSA) is 102 Å². The number of rotatable bonds is 8. The van der Waals surface area contributed by atoms with Gasteiger partial charge in [0.05, 0.1) is 13.0 Å². The molecule has 0 aliphatic carbocycles. The van der Waals surface area contributed by atoms with Gasteiger partial charge in [0.15, 0.2) is 0 Å². The van der Waals surface area contributed by atoms with E-state index in [2.05, 4.69) is 4.98 Å². The van der Waals surface area contributed by atoms with Gasteiger partial charge in [-0.15, -0.1) is 0 Å². The number of phenols is 1. The molecule has 0 radical (unpaired) electrons. The molecule has 142 valence electrons. The average Bonchev–Trinajstić information content (AvgIpc) is 3.06. The lowest BCUT2D eigenvalue weighted by molar-refractivity contribution is -0.143. The molecule has 0 amide bonds. The van der Waals surface area contributed by atoms with Crippen LogP contribution in [-0.4, -0.2) is 53.5 Å². The zero-order chi connectivity index (χ0) is 19.3. The molecule has 1 aromatic carbocycles. The first kappa shape index (κ1) is 19.9. The number of hydrogen-bond donors (Lipinski definition) is 1. The Morgan fingerprint density at radius 2 is 1.96 bits per heavy atom. The van der Waals surface area contributed by atoms with Crippen LogP contribution in [0, 0.1) is 0 Å². The van der Waals surface area contributed by atoms with Gasteiger partial charge in [0.2, 0.25) is 0 Å². The van der Waals surface area contributed by atoms with E-state index in [4.69, 9.17) is 4.74 Å². The predicted molar refractivity (Wildman–Crippen MR) is 96.0 cm³/mol. The average molecular weight is 381 g/mol. The Balaban J connectivity index is 2.40. The summed E-state index contributed by atoms with van der Waals surface area (Å²) in [5.41, 5.74) is 0.842. The molecule has 1 N–H and O–H groups in total. The summed E-state index contributed by atoms with van der Waals surface area (Å²) in [5.74, 6) is -0.524. The van der Waals surface area contributed by atoms with Crippen molar-refractivity contribution in [3.05, 3.63) is 48.0 Å². The van der Waals surface area contributed by atoms with Gasteiger partial charge in [-0.2, -0.15) is 12.7 Å². The fourth-order valence-corrected chi connectivity index (χ4v) is 3.55. The van der Waals surface area contributed by atoms with E-state index >= 15 is 0 Å². The maximum absolute atomic E-state index is 12.5. The molecule has 2 rings (SSSR count). The summed E-state index contributed by atoms with van der Waals surface area (Å²) in [5, 5.41) is 9.43. The normalized spacial score (nSPS) is 12.9. The number of phenolic OH excluding ortho intramolecular Hbond substituents is 1. The van der Waals surface area contributed by atoms with Gasteiger partial charge in [-0.05, 0) is 31.0 Å². The molecule has 1 aromatic heterocycles. The number of imidazole rings is 1. The standard InChI is InChI=1S/C17H23N3O5S/c1-4-25-16(22)12-14(11-13-5-7-15(21)8-6-13)17-18-9-10-20(17)26(23,24)19(2)3/h5-10,14,21H,4,11-12H2,1-3H3. The molecule has 1 unspecified atom stereocenters. The van der Waals surface area contributed by atoms with E-state index in [1.165, 1.54) is 26.5 Å². The number of nitrogens with zero attached hydrogens (tertiary/aromatic N) is 3. The number of esters is 1. The third-order valence-electron chi connectivity index (χ3n) is 3.85. The van der Waals surface area contributed by atoms with E-state index in [1.807, 2.05) is 0 Å². The van der Waals surface area contributed by atoms with E-state index in [-0.39, 0.29) is 24.6 Å². The molecule has 2 aromatic rings. The maximum Gasteiger partial charge on any atom is 0.308 e. The van der Waals surface area contributed by atoms with Crippen LogP contribution in [-0.2, 0) is 26.2 Å². The Morgan fingerprint density at radius 3 is 2.54 bits per heavy atom. The van der Waals surface area contributed by atoms with Gasteiger partial charge in [0.25, 0.3) is 0 Å². The third kappa shape index (κ3) is 4.61. The van der Waals surface area contributed by atoms with Crippen LogP contribution in [0.1, 0.15) is 30.7 Å². The van der Waals surface area contributed by atoms with E-state index in [0.717, 1.165) is 13.8 Å². The number of aromatic nitrogens is 2. The van der Waals surface area contributed by atoms with Gasteiger partial charge in [-0.1, -0.05) is 12.1 Å². The molecule has 26 heavy (non-hydrogen) atoms. The van der Waals surface area contributed by atoms with Gasteiger partial charge in [0, 0.05) is 32.4 Å². The third-order valence-corrected chi connectivity index (χ3v) is 5.58. The molecule has 0 aliphatic heterocycles. The molecular weight excluding hydrogens is 358 g/mol. The number of ether oxygens (including phenoxy) is 1. The summed E-state index contributed by atoms with van der Waals surface area (Å²) >= 11 is 0. The lowest BCUT2D eigenvalue weighted by atomic mass is 9.95. The molecule has 0 bridgehead atoms. The Bertz CT molecular complexity index is 844. The quantitative estimate of drug-likeness (QED) is 0.696. The number of carbonyl (C=O) groups excluding carboxylic acids is 1. The van der Waals surface area contributed by atoms with Gasteiger partial charge < -0.3 is 9.84 Å². The van der Waals surface area contributed by atoms with Crippen molar-refractivity contribution in [2.45, 2.75) is 25.7 Å². The van der Waals surface area contributed by atoms with Crippen LogP contribution in [0.15, 0.2) is 36.7 Å². The van der Waals surface area contributed by atoms with Crippen LogP contribution in [0.5, 0.6) is 5.75 Å². The van der Waals surface area contributed by atoms with Crippen LogP contribution in [0.2, 0.25) is 0 Å². The summed E-state index contributed by atoms with van der Waals surface area (Å²) in [7, 11) is -0.901. The second kappa shape index (κ2) is 8.33. The molecular formula is C17H23N3O5S. The lowest BCUT2D eigenvalue weighted by Crippen LogP contribution is -2.31. The van der Waals surface area contributed by atoms with Crippen LogP contribution < -0.4 is 0 Å². The molecule has 0 saturated carbocycles. The number of hydrogen-bond acceptors (Lipinski definition) is 6. The summed E-state index contributed by atoms with van der Waals surface area (Å²) < 4.78 is 32.2. The van der Waals surface area contributed by atoms with Crippen LogP contribution in [0.4, 0.5) is 0 Å². The highest BCUT2D eigenvalue weighted by molar-refractivity contribution is 7.87. The highest BCUT2D eigenvalue weighted by atomic mass is 32.2. The summed E-state index contributed by atoms with van der Waals surface area (Å²) in [6.07, 6.45) is 3.12. The minimum Gasteiger partial charge on any atom is -0.508 e. The number of carbonyl (C=O) groups is 1. The minimum atomic E-state index is -3.76. The van der Waals surface area contributed by atoms with E-state index in [0.29, 0.717) is 6.42 Å². The highest BCUT2D eigenvalue weighted by Crippen LogP contribution is 2.26. The van der Waals surface area contributed by atoms with Crippen LogP contribution >= 0.6 is 0 Å². The molecule has 0 aliphatic rings. The van der Waals surface area contributed by atoms with Crippen molar-refractivity contribution in [1.29, 1.82) is 0 Å². The molecule has 1 heterocycles. The SMILES string of the molecule is CCOC(=O)CC(Cc1ccc(O)cc1)c1nccn1S(=O)(=O)N(C)C.